The van der Waals surface area contributed by atoms with Gasteiger partial charge in [-0.05, 0) is 23.8 Å². The molecule has 3 rings (SSSR count). The predicted octanol–water partition coefficient (Wildman–Crippen LogP) is 1.86. The first kappa shape index (κ1) is 14.0. The van der Waals surface area contributed by atoms with Crippen LogP contribution in [0.1, 0.15) is 11.3 Å². The van der Waals surface area contributed by atoms with E-state index in [0.717, 1.165) is 38.4 Å². The summed E-state index contributed by atoms with van der Waals surface area (Å²) in [6, 6.07) is 14.6. The zero-order valence-corrected chi connectivity index (χ0v) is 12.3. The van der Waals surface area contributed by atoms with Gasteiger partial charge in [-0.1, -0.05) is 24.3 Å². The lowest BCUT2D eigenvalue weighted by Gasteiger charge is -2.36. The minimum absolute atomic E-state index is 0.602. The molecule has 0 unspecified atom stereocenters. The van der Waals surface area contributed by atoms with Crippen LogP contribution in [0.15, 0.2) is 48.7 Å². The maximum Gasteiger partial charge on any atom is 0.0543 e. The van der Waals surface area contributed by atoms with Gasteiger partial charge in [0.1, 0.15) is 0 Å². The van der Waals surface area contributed by atoms with E-state index in [1.807, 2.05) is 12.3 Å². The molecule has 2 heterocycles. The molecule has 0 radical (unpaired) electrons. The molecule has 4 heteroatoms. The molecule has 1 saturated heterocycles. The second-order valence-electron chi connectivity index (χ2n) is 5.42. The molecule has 0 atom stereocenters. The normalized spacial score (nSPS) is 16.1. The minimum atomic E-state index is 0.602. The SMILES string of the molecule is NCc1ccccc1N1CCN(Cc2ccccn2)CC1. The molecule has 0 spiro atoms. The number of para-hydroxylation sites is 1. The van der Waals surface area contributed by atoms with Crippen LogP contribution in [-0.4, -0.2) is 36.1 Å². The predicted molar refractivity (Wildman–Crippen MR) is 86.1 cm³/mol. The van der Waals surface area contributed by atoms with Crippen molar-refractivity contribution in [2.24, 2.45) is 5.73 Å². The van der Waals surface area contributed by atoms with Crippen LogP contribution < -0.4 is 10.6 Å². The van der Waals surface area contributed by atoms with Gasteiger partial charge >= 0.3 is 0 Å². The highest BCUT2D eigenvalue weighted by Gasteiger charge is 2.18. The maximum absolute atomic E-state index is 5.84. The Labute approximate surface area is 126 Å². The summed E-state index contributed by atoms with van der Waals surface area (Å²) >= 11 is 0. The fourth-order valence-corrected chi connectivity index (χ4v) is 2.86. The Balaban J connectivity index is 1.60. The lowest BCUT2D eigenvalue weighted by molar-refractivity contribution is 0.247. The Hall–Kier alpha value is -1.91. The number of hydrogen-bond donors (Lipinski definition) is 1. The molecule has 4 nitrogen and oxygen atoms in total. The molecule has 1 aromatic carbocycles. The van der Waals surface area contributed by atoms with Crippen molar-refractivity contribution in [1.82, 2.24) is 9.88 Å². The van der Waals surface area contributed by atoms with Gasteiger partial charge in [0, 0.05) is 51.2 Å². The van der Waals surface area contributed by atoms with Gasteiger partial charge in [-0.25, -0.2) is 0 Å². The number of rotatable bonds is 4. The third kappa shape index (κ3) is 3.40. The van der Waals surface area contributed by atoms with Gasteiger partial charge in [-0.2, -0.15) is 0 Å². The van der Waals surface area contributed by atoms with E-state index < -0.39 is 0 Å². The van der Waals surface area contributed by atoms with Crippen LogP contribution in [0.4, 0.5) is 5.69 Å². The molecule has 21 heavy (non-hydrogen) atoms. The van der Waals surface area contributed by atoms with Crippen molar-refractivity contribution < 1.29 is 0 Å². The number of piperazine rings is 1. The van der Waals surface area contributed by atoms with Crippen molar-refractivity contribution >= 4 is 5.69 Å². The molecular formula is C17H22N4. The first-order valence-electron chi connectivity index (χ1n) is 7.52. The van der Waals surface area contributed by atoms with Crippen molar-refractivity contribution in [3.05, 3.63) is 59.9 Å². The number of anilines is 1. The van der Waals surface area contributed by atoms with Gasteiger partial charge in [0.15, 0.2) is 0 Å². The van der Waals surface area contributed by atoms with Crippen molar-refractivity contribution in [2.75, 3.05) is 31.1 Å². The molecule has 1 fully saturated rings. The largest absolute Gasteiger partial charge is 0.369 e. The molecule has 0 aliphatic carbocycles. The number of hydrogen-bond acceptors (Lipinski definition) is 4. The lowest BCUT2D eigenvalue weighted by Crippen LogP contribution is -2.46. The van der Waals surface area contributed by atoms with Crippen molar-refractivity contribution in [3.63, 3.8) is 0 Å². The zero-order chi connectivity index (χ0) is 14.5. The average molecular weight is 282 g/mol. The first-order valence-corrected chi connectivity index (χ1v) is 7.52. The van der Waals surface area contributed by atoms with Gasteiger partial charge in [0.2, 0.25) is 0 Å². The highest BCUT2D eigenvalue weighted by atomic mass is 15.3. The molecule has 0 bridgehead atoms. The Morgan fingerprint density at radius 2 is 1.71 bits per heavy atom. The molecule has 0 amide bonds. The quantitative estimate of drug-likeness (QED) is 0.930. The Morgan fingerprint density at radius 1 is 0.952 bits per heavy atom. The number of nitrogens with two attached hydrogens (primary N) is 1. The van der Waals surface area contributed by atoms with E-state index >= 15 is 0 Å². The molecule has 110 valence electrons. The van der Waals surface area contributed by atoms with Crippen molar-refractivity contribution in [2.45, 2.75) is 13.1 Å². The van der Waals surface area contributed by atoms with Crippen LogP contribution >= 0.6 is 0 Å². The summed E-state index contributed by atoms with van der Waals surface area (Å²) in [5.74, 6) is 0. The van der Waals surface area contributed by atoms with E-state index in [1.165, 1.54) is 11.3 Å². The first-order chi connectivity index (χ1) is 10.4. The molecule has 2 N–H and O–H groups in total. The Morgan fingerprint density at radius 3 is 2.43 bits per heavy atom. The number of nitrogens with zero attached hydrogens (tertiary/aromatic N) is 3. The van der Waals surface area contributed by atoms with Crippen LogP contribution in [0.25, 0.3) is 0 Å². The summed E-state index contributed by atoms with van der Waals surface area (Å²) in [6.45, 7) is 5.76. The summed E-state index contributed by atoms with van der Waals surface area (Å²) in [5, 5.41) is 0. The second kappa shape index (κ2) is 6.70. The monoisotopic (exact) mass is 282 g/mol. The van der Waals surface area contributed by atoms with E-state index in [4.69, 9.17) is 5.73 Å². The minimum Gasteiger partial charge on any atom is -0.369 e. The van der Waals surface area contributed by atoms with Crippen molar-refractivity contribution in [1.29, 1.82) is 0 Å². The van der Waals surface area contributed by atoms with Gasteiger partial charge in [-0.15, -0.1) is 0 Å². The molecule has 2 aromatic rings. The van der Waals surface area contributed by atoms with Gasteiger partial charge in [0.05, 0.1) is 5.69 Å². The topological polar surface area (TPSA) is 45.4 Å². The van der Waals surface area contributed by atoms with Crippen LogP contribution in [0.5, 0.6) is 0 Å². The van der Waals surface area contributed by atoms with Gasteiger partial charge < -0.3 is 10.6 Å². The second-order valence-corrected chi connectivity index (χ2v) is 5.42. The smallest absolute Gasteiger partial charge is 0.0543 e. The Kier molecular flexibility index (Phi) is 4.48. The lowest BCUT2D eigenvalue weighted by atomic mass is 10.1. The third-order valence-corrected chi connectivity index (χ3v) is 4.04. The summed E-state index contributed by atoms with van der Waals surface area (Å²) in [5.41, 5.74) is 9.51. The van der Waals surface area contributed by atoms with Crippen LogP contribution in [0.3, 0.4) is 0 Å². The van der Waals surface area contributed by atoms with Gasteiger partial charge in [-0.3, -0.25) is 9.88 Å². The van der Waals surface area contributed by atoms with Crippen molar-refractivity contribution in [3.8, 4) is 0 Å². The van der Waals surface area contributed by atoms with Gasteiger partial charge in [0.25, 0.3) is 0 Å². The third-order valence-electron chi connectivity index (χ3n) is 4.04. The number of benzene rings is 1. The van der Waals surface area contributed by atoms with E-state index in [9.17, 15) is 0 Å². The van der Waals surface area contributed by atoms with E-state index in [2.05, 4.69) is 51.2 Å². The van der Waals surface area contributed by atoms with Crippen LogP contribution in [-0.2, 0) is 13.1 Å². The molecular weight excluding hydrogens is 260 g/mol. The number of pyridine rings is 1. The summed E-state index contributed by atoms with van der Waals surface area (Å²) in [6.07, 6.45) is 1.86. The van der Waals surface area contributed by atoms with E-state index in [-0.39, 0.29) is 0 Å². The fraction of sp³-hybridized carbons (Fsp3) is 0.353. The molecule has 1 aliphatic heterocycles. The fourth-order valence-electron chi connectivity index (χ4n) is 2.86. The molecule has 1 aliphatic rings. The molecule has 0 saturated carbocycles. The van der Waals surface area contributed by atoms with E-state index in [1.54, 1.807) is 0 Å². The van der Waals surface area contributed by atoms with E-state index in [0.29, 0.717) is 6.54 Å². The summed E-state index contributed by atoms with van der Waals surface area (Å²) < 4.78 is 0. The molecule has 1 aromatic heterocycles. The number of aromatic nitrogens is 1. The highest BCUT2D eigenvalue weighted by molar-refractivity contribution is 5.54. The van der Waals surface area contributed by atoms with Crippen LogP contribution in [0, 0.1) is 0 Å². The summed E-state index contributed by atoms with van der Waals surface area (Å²) in [7, 11) is 0. The highest BCUT2D eigenvalue weighted by Crippen LogP contribution is 2.21. The van der Waals surface area contributed by atoms with Crippen LogP contribution in [0.2, 0.25) is 0 Å². The average Bonchev–Trinajstić information content (AvgIpc) is 2.56. The maximum atomic E-state index is 5.84. The Bertz CT molecular complexity index is 562. The summed E-state index contributed by atoms with van der Waals surface area (Å²) in [4.78, 5) is 9.31. The standard InChI is InChI=1S/C17H22N4/c18-13-15-5-1-2-7-17(15)21-11-9-20(10-12-21)14-16-6-3-4-8-19-16/h1-8H,9-14,18H2. The zero-order valence-electron chi connectivity index (χ0n) is 12.3.